The minimum atomic E-state index is 0.0213. The Morgan fingerprint density at radius 3 is 2.74 bits per heavy atom. The normalized spacial score (nSPS) is 12.7. The van der Waals surface area contributed by atoms with Crippen LogP contribution in [-0.4, -0.2) is 14.5 Å². The number of hydrogen-bond acceptors (Lipinski definition) is 3. The topological polar surface area (TPSA) is 50.7 Å². The highest BCUT2D eigenvalue weighted by molar-refractivity contribution is 7.98. The molecule has 0 radical (unpaired) electrons. The molecule has 0 fully saturated rings. The number of thioether (sulfide) groups is 1. The first-order chi connectivity index (χ1) is 11.1. The Balaban J connectivity index is 2.04. The zero-order valence-corrected chi connectivity index (χ0v) is 14.5. The predicted molar refractivity (Wildman–Crippen MR) is 96.1 cm³/mol. The van der Waals surface area contributed by atoms with Gasteiger partial charge in [0.05, 0.1) is 5.52 Å². The lowest BCUT2D eigenvalue weighted by atomic mass is 10.2. The summed E-state index contributed by atoms with van der Waals surface area (Å²) in [6, 6.07) is 12.3. The van der Waals surface area contributed by atoms with Crippen LogP contribution in [0.1, 0.15) is 37.6 Å². The Morgan fingerprint density at radius 1 is 1.30 bits per heavy atom. The monoisotopic (exact) mass is 327 g/mol. The molecule has 3 aromatic rings. The summed E-state index contributed by atoms with van der Waals surface area (Å²) in [7, 11) is 0. The summed E-state index contributed by atoms with van der Waals surface area (Å²) >= 11 is 1.62. The molecule has 1 atom stereocenters. The number of hydrogen-bond donors (Lipinski definition) is 1. The molecule has 0 aliphatic rings. The van der Waals surface area contributed by atoms with Gasteiger partial charge in [0.1, 0.15) is 5.52 Å². The molecule has 1 N–H and O–H groups in total. The van der Waals surface area contributed by atoms with Crippen molar-refractivity contribution >= 4 is 22.8 Å². The van der Waals surface area contributed by atoms with Crippen molar-refractivity contribution in [1.82, 2.24) is 14.5 Å². The number of aromatic nitrogens is 3. The summed E-state index contributed by atoms with van der Waals surface area (Å²) in [6.07, 6.45) is 0.895. The van der Waals surface area contributed by atoms with E-state index in [0.717, 1.165) is 28.5 Å². The van der Waals surface area contributed by atoms with Gasteiger partial charge in [0.25, 0.3) is 5.56 Å². The highest BCUT2D eigenvalue weighted by atomic mass is 32.2. The van der Waals surface area contributed by atoms with Crippen molar-refractivity contribution in [3.63, 3.8) is 0 Å². The third-order valence-electron chi connectivity index (χ3n) is 4.03. The third kappa shape index (κ3) is 3.20. The first-order valence-corrected chi connectivity index (χ1v) is 8.87. The number of benzene rings is 1. The summed E-state index contributed by atoms with van der Waals surface area (Å²) in [5, 5.41) is 0.791. The van der Waals surface area contributed by atoms with Gasteiger partial charge in [-0.25, -0.2) is 4.98 Å². The number of H-pyrrole nitrogens is 1. The van der Waals surface area contributed by atoms with Gasteiger partial charge in [-0.1, -0.05) is 49.0 Å². The average molecular weight is 327 g/mol. The fourth-order valence-electron chi connectivity index (χ4n) is 2.59. The van der Waals surface area contributed by atoms with Crippen LogP contribution in [0.5, 0.6) is 0 Å². The van der Waals surface area contributed by atoms with E-state index in [0.29, 0.717) is 5.52 Å². The summed E-state index contributed by atoms with van der Waals surface area (Å²) < 4.78 is 1.83. The number of rotatable bonds is 5. The molecule has 0 aliphatic heterocycles. The average Bonchev–Trinajstić information content (AvgIpc) is 2.94. The molecule has 23 heavy (non-hydrogen) atoms. The van der Waals surface area contributed by atoms with Gasteiger partial charge in [0.15, 0.2) is 5.16 Å². The van der Waals surface area contributed by atoms with Crippen LogP contribution >= 0.6 is 11.8 Å². The van der Waals surface area contributed by atoms with Crippen LogP contribution < -0.4 is 5.56 Å². The van der Waals surface area contributed by atoms with Gasteiger partial charge in [0.2, 0.25) is 0 Å². The number of nitrogens with zero attached hydrogens (tertiary/aromatic N) is 2. The van der Waals surface area contributed by atoms with Crippen molar-refractivity contribution in [2.24, 2.45) is 0 Å². The van der Waals surface area contributed by atoms with E-state index in [9.17, 15) is 4.79 Å². The van der Waals surface area contributed by atoms with E-state index in [1.54, 1.807) is 11.8 Å². The van der Waals surface area contributed by atoms with E-state index in [1.165, 1.54) is 5.56 Å². The zero-order valence-electron chi connectivity index (χ0n) is 13.7. The SMILES string of the molecule is CCC(C)n1c(SCc2ccccc2)nc2cc(C)[nH]c2c1=O. The second-order valence-corrected chi connectivity index (χ2v) is 6.76. The quantitative estimate of drug-likeness (QED) is 0.561. The number of aromatic amines is 1. The number of fused-ring (bicyclic) bond motifs is 1. The van der Waals surface area contributed by atoms with E-state index in [2.05, 4.69) is 31.0 Å². The maximum atomic E-state index is 12.9. The van der Waals surface area contributed by atoms with Gasteiger partial charge in [-0.2, -0.15) is 0 Å². The van der Waals surface area contributed by atoms with Crippen molar-refractivity contribution in [1.29, 1.82) is 0 Å². The lowest BCUT2D eigenvalue weighted by molar-refractivity contribution is 0.468. The van der Waals surface area contributed by atoms with E-state index in [4.69, 9.17) is 4.98 Å². The van der Waals surface area contributed by atoms with Crippen LogP contribution in [-0.2, 0) is 5.75 Å². The van der Waals surface area contributed by atoms with Gasteiger partial charge in [0, 0.05) is 17.5 Å². The van der Waals surface area contributed by atoms with Crippen LogP contribution in [0.2, 0.25) is 0 Å². The minimum absolute atomic E-state index is 0.0213. The van der Waals surface area contributed by atoms with Gasteiger partial charge < -0.3 is 4.98 Å². The van der Waals surface area contributed by atoms with Crippen molar-refractivity contribution in [2.45, 2.75) is 44.1 Å². The van der Waals surface area contributed by atoms with Crippen molar-refractivity contribution in [3.8, 4) is 0 Å². The Hall–Kier alpha value is -2.01. The third-order valence-corrected chi connectivity index (χ3v) is 5.05. The van der Waals surface area contributed by atoms with E-state index in [1.807, 2.05) is 35.8 Å². The van der Waals surface area contributed by atoms with Crippen LogP contribution in [0, 0.1) is 6.92 Å². The number of nitrogens with one attached hydrogen (secondary N) is 1. The molecule has 2 heterocycles. The molecule has 0 bridgehead atoms. The Labute approximate surface area is 140 Å². The van der Waals surface area contributed by atoms with Crippen molar-refractivity contribution < 1.29 is 0 Å². The molecule has 0 saturated carbocycles. The standard InChI is InChI=1S/C18H21N3OS/c1-4-13(3)21-17(22)16-15(10-12(2)19-16)20-18(21)23-11-14-8-6-5-7-9-14/h5-10,13,19H,4,11H2,1-3H3. The number of aryl methyl sites for hydroxylation is 1. The van der Waals surface area contributed by atoms with Gasteiger partial charge in [-0.3, -0.25) is 9.36 Å². The lowest BCUT2D eigenvalue weighted by Gasteiger charge is -2.17. The summed E-state index contributed by atoms with van der Waals surface area (Å²) in [5.74, 6) is 0.804. The molecule has 0 spiro atoms. The fraction of sp³-hybridized carbons (Fsp3) is 0.333. The Bertz CT molecular complexity index is 867. The van der Waals surface area contributed by atoms with E-state index in [-0.39, 0.29) is 11.6 Å². The van der Waals surface area contributed by atoms with Gasteiger partial charge in [-0.15, -0.1) is 0 Å². The first-order valence-electron chi connectivity index (χ1n) is 7.88. The highest BCUT2D eigenvalue weighted by Gasteiger charge is 2.16. The summed E-state index contributed by atoms with van der Waals surface area (Å²) in [5.41, 5.74) is 3.57. The molecular formula is C18H21N3OS. The first kappa shape index (κ1) is 15.9. The molecule has 0 amide bonds. The highest BCUT2D eigenvalue weighted by Crippen LogP contribution is 2.25. The maximum Gasteiger partial charge on any atom is 0.278 e. The van der Waals surface area contributed by atoms with Gasteiger partial charge >= 0.3 is 0 Å². The second-order valence-electron chi connectivity index (χ2n) is 5.81. The molecule has 5 heteroatoms. The van der Waals surface area contributed by atoms with E-state index < -0.39 is 0 Å². The van der Waals surface area contributed by atoms with Crippen LogP contribution in [0.3, 0.4) is 0 Å². The molecule has 4 nitrogen and oxygen atoms in total. The zero-order chi connectivity index (χ0) is 16.4. The van der Waals surface area contributed by atoms with Crippen molar-refractivity contribution in [2.75, 3.05) is 0 Å². The van der Waals surface area contributed by atoms with Crippen LogP contribution in [0.15, 0.2) is 46.3 Å². The Kier molecular flexibility index (Phi) is 4.57. The summed E-state index contributed by atoms with van der Waals surface area (Å²) in [6.45, 7) is 6.11. The van der Waals surface area contributed by atoms with E-state index >= 15 is 0 Å². The molecule has 1 unspecified atom stereocenters. The molecular weight excluding hydrogens is 306 g/mol. The fourth-order valence-corrected chi connectivity index (χ4v) is 3.64. The second kappa shape index (κ2) is 6.62. The molecule has 0 saturated heterocycles. The molecule has 3 rings (SSSR count). The maximum absolute atomic E-state index is 12.9. The predicted octanol–water partition coefficient (Wildman–Crippen LogP) is 4.30. The largest absolute Gasteiger partial charge is 0.353 e. The van der Waals surface area contributed by atoms with Gasteiger partial charge in [-0.05, 0) is 31.9 Å². The van der Waals surface area contributed by atoms with Crippen molar-refractivity contribution in [3.05, 3.63) is 58.0 Å². The minimum Gasteiger partial charge on any atom is -0.353 e. The Morgan fingerprint density at radius 2 is 2.04 bits per heavy atom. The smallest absolute Gasteiger partial charge is 0.278 e. The lowest BCUT2D eigenvalue weighted by Crippen LogP contribution is -2.26. The van der Waals surface area contributed by atoms with Crippen LogP contribution in [0.4, 0.5) is 0 Å². The summed E-state index contributed by atoms with van der Waals surface area (Å²) in [4.78, 5) is 20.7. The molecule has 2 aromatic heterocycles. The molecule has 0 aliphatic carbocycles. The molecule has 1 aromatic carbocycles. The van der Waals surface area contributed by atoms with Crippen LogP contribution in [0.25, 0.3) is 11.0 Å². The molecule has 120 valence electrons.